The molecule has 1 aromatic carbocycles. The number of carbonyl (C=O) groups excluding carboxylic acids is 1. The zero-order chi connectivity index (χ0) is 16.0. The Labute approximate surface area is 133 Å². The zero-order valence-electron chi connectivity index (χ0n) is 13.4. The second kappa shape index (κ2) is 7.13. The second-order valence-corrected chi connectivity index (χ2v) is 6.47. The van der Waals surface area contributed by atoms with Crippen LogP contribution in [0.4, 0.5) is 0 Å². The minimum absolute atomic E-state index is 0.141. The van der Waals surface area contributed by atoms with Gasteiger partial charge in [0.1, 0.15) is 0 Å². The molecule has 1 aliphatic rings. The summed E-state index contributed by atoms with van der Waals surface area (Å²) >= 11 is 0. The van der Waals surface area contributed by atoms with E-state index in [2.05, 4.69) is 32.3 Å². The first-order valence-corrected chi connectivity index (χ1v) is 7.67. The summed E-state index contributed by atoms with van der Waals surface area (Å²) in [6, 6.07) is 9.84. The maximum Gasteiger partial charge on any atom is 0.223 e. The van der Waals surface area contributed by atoms with Crippen LogP contribution in [-0.4, -0.2) is 23.9 Å². The summed E-state index contributed by atoms with van der Waals surface area (Å²) in [5, 5.41) is 0. The average molecular weight is 293 g/mol. The van der Waals surface area contributed by atoms with Crippen LogP contribution in [0.5, 0.6) is 0 Å². The molecule has 0 N–H and O–H groups in total. The average Bonchev–Trinajstić information content (AvgIpc) is 2.48. The van der Waals surface area contributed by atoms with Crippen molar-refractivity contribution < 1.29 is 4.79 Å². The smallest absolute Gasteiger partial charge is 0.223 e. The monoisotopic (exact) mass is 293 g/mol. The predicted octanol–water partition coefficient (Wildman–Crippen LogP) is 3.80. The SMILES string of the molecule is C=C(C#Cc1ccccc1)/C=C\CN1CCC(C)(C)CC1=O. The molecule has 1 amide bonds. The van der Waals surface area contributed by atoms with Crippen molar-refractivity contribution >= 4 is 5.91 Å². The Bertz CT molecular complexity index is 629. The highest BCUT2D eigenvalue weighted by atomic mass is 16.2. The largest absolute Gasteiger partial charge is 0.339 e. The van der Waals surface area contributed by atoms with Gasteiger partial charge in [0, 0.05) is 30.6 Å². The minimum Gasteiger partial charge on any atom is -0.339 e. The number of rotatable bonds is 3. The molecule has 1 saturated heterocycles. The first-order valence-electron chi connectivity index (χ1n) is 7.67. The minimum atomic E-state index is 0.141. The standard InChI is InChI=1S/C20H23NO/c1-17(11-12-18-9-5-4-6-10-18)8-7-14-21-15-13-20(2,3)16-19(21)22/h4-10H,1,13-16H2,2-3H3/b8-7-. The van der Waals surface area contributed by atoms with Crippen LogP contribution < -0.4 is 0 Å². The molecule has 2 rings (SSSR count). The van der Waals surface area contributed by atoms with Crippen molar-refractivity contribution in [3.63, 3.8) is 0 Å². The van der Waals surface area contributed by atoms with Gasteiger partial charge in [0.25, 0.3) is 0 Å². The second-order valence-electron chi connectivity index (χ2n) is 6.47. The van der Waals surface area contributed by atoms with Gasteiger partial charge in [-0.2, -0.15) is 0 Å². The predicted molar refractivity (Wildman–Crippen MR) is 91.2 cm³/mol. The van der Waals surface area contributed by atoms with E-state index in [1.54, 1.807) is 0 Å². The first kappa shape index (κ1) is 16.1. The van der Waals surface area contributed by atoms with Crippen LogP contribution in [0.3, 0.4) is 0 Å². The van der Waals surface area contributed by atoms with E-state index < -0.39 is 0 Å². The lowest BCUT2D eigenvalue weighted by Crippen LogP contribution is -2.41. The van der Waals surface area contributed by atoms with Crippen molar-refractivity contribution in [2.24, 2.45) is 5.41 Å². The van der Waals surface area contributed by atoms with E-state index in [4.69, 9.17) is 0 Å². The topological polar surface area (TPSA) is 20.3 Å². The third-order valence-electron chi connectivity index (χ3n) is 3.83. The van der Waals surface area contributed by atoms with E-state index >= 15 is 0 Å². The Morgan fingerprint density at radius 1 is 1.36 bits per heavy atom. The van der Waals surface area contributed by atoms with Gasteiger partial charge in [-0.05, 0) is 30.0 Å². The zero-order valence-corrected chi connectivity index (χ0v) is 13.4. The fourth-order valence-electron chi connectivity index (χ4n) is 2.40. The molecule has 0 aromatic heterocycles. The molecule has 0 unspecified atom stereocenters. The first-order chi connectivity index (χ1) is 10.5. The molecule has 114 valence electrons. The molecule has 0 spiro atoms. The van der Waals surface area contributed by atoms with Gasteiger partial charge in [-0.3, -0.25) is 4.79 Å². The maximum atomic E-state index is 12.0. The van der Waals surface area contributed by atoms with Gasteiger partial charge in [-0.15, -0.1) is 0 Å². The van der Waals surface area contributed by atoms with Crippen molar-refractivity contribution in [1.29, 1.82) is 0 Å². The number of hydrogen-bond acceptors (Lipinski definition) is 1. The number of piperidine rings is 1. The summed E-state index contributed by atoms with van der Waals surface area (Å²) in [5.41, 5.74) is 1.88. The molecule has 1 fully saturated rings. The van der Waals surface area contributed by atoms with Crippen LogP contribution in [-0.2, 0) is 4.79 Å². The molecule has 0 radical (unpaired) electrons. The summed E-state index contributed by atoms with van der Waals surface area (Å²) in [5.74, 6) is 6.34. The fourth-order valence-corrected chi connectivity index (χ4v) is 2.40. The van der Waals surface area contributed by atoms with Crippen LogP contribution in [0.2, 0.25) is 0 Å². The highest BCUT2D eigenvalue weighted by Gasteiger charge is 2.30. The van der Waals surface area contributed by atoms with Crippen LogP contribution >= 0.6 is 0 Å². The van der Waals surface area contributed by atoms with Gasteiger partial charge in [-0.1, -0.05) is 56.5 Å². The number of amides is 1. The van der Waals surface area contributed by atoms with Crippen LogP contribution in [0.25, 0.3) is 0 Å². The molecule has 1 heterocycles. The van der Waals surface area contributed by atoms with Crippen molar-refractivity contribution in [3.8, 4) is 11.8 Å². The lowest BCUT2D eigenvalue weighted by atomic mass is 9.82. The molecule has 1 aromatic rings. The van der Waals surface area contributed by atoms with Crippen LogP contribution in [0.15, 0.2) is 54.6 Å². The van der Waals surface area contributed by atoms with Crippen molar-refractivity contribution in [2.45, 2.75) is 26.7 Å². The normalized spacial score (nSPS) is 17.2. The molecule has 1 aliphatic heterocycles. The third kappa shape index (κ3) is 4.93. The van der Waals surface area contributed by atoms with Gasteiger partial charge in [-0.25, -0.2) is 0 Å². The van der Waals surface area contributed by atoms with Gasteiger partial charge in [0.2, 0.25) is 5.91 Å². The van der Waals surface area contributed by atoms with E-state index in [0.29, 0.717) is 13.0 Å². The summed E-state index contributed by atoms with van der Waals surface area (Å²) < 4.78 is 0. The van der Waals surface area contributed by atoms with Crippen molar-refractivity contribution in [1.82, 2.24) is 4.90 Å². The number of carbonyl (C=O) groups is 1. The quantitative estimate of drug-likeness (QED) is 0.613. The molecule has 2 nitrogen and oxygen atoms in total. The number of likely N-dealkylation sites (tertiary alicyclic amines) is 1. The Kier molecular flexibility index (Phi) is 5.22. The van der Waals surface area contributed by atoms with E-state index in [1.165, 1.54) is 0 Å². The number of nitrogens with zero attached hydrogens (tertiary/aromatic N) is 1. The van der Waals surface area contributed by atoms with Gasteiger partial charge < -0.3 is 4.90 Å². The van der Waals surface area contributed by atoms with E-state index in [9.17, 15) is 4.79 Å². The van der Waals surface area contributed by atoms with Crippen LogP contribution in [0, 0.1) is 17.3 Å². The Hall–Kier alpha value is -2.27. The summed E-state index contributed by atoms with van der Waals surface area (Å²) in [4.78, 5) is 13.9. The summed E-state index contributed by atoms with van der Waals surface area (Å²) in [7, 11) is 0. The number of hydrogen-bond donors (Lipinski definition) is 0. The van der Waals surface area contributed by atoms with E-state index in [0.717, 1.165) is 24.1 Å². The highest BCUT2D eigenvalue weighted by Crippen LogP contribution is 2.30. The Morgan fingerprint density at radius 2 is 2.09 bits per heavy atom. The van der Waals surface area contributed by atoms with E-state index in [1.807, 2.05) is 47.4 Å². The van der Waals surface area contributed by atoms with Gasteiger partial charge in [0.15, 0.2) is 0 Å². The molecule has 0 saturated carbocycles. The van der Waals surface area contributed by atoms with Gasteiger partial charge in [0.05, 0.1) is 0 Å². The van der Waals surface area contributed by atoms with E-state index in [-0.39, 0.29) is 11.3 Å². The van der Waals surface area contributed by atoms with Crippen molar-refractivity contribution in [3.05, 3.63) is 60.2 Å². The molecule has 0 atom stereocenters. The fraction of sp³-hybridized carbons (Fsp3) is 0.350. The molecular weight excluding hydrogens is 270 g/mol. The summed E-state index contributed by atoms with van der Waals surface area (Å²) in [6.07, 6.45) is 5.55. The Balaban J connectivity index is 1.84. The molecule has 2 heteroatoms. The molecule has 22 heavy (non-hydrogen) atoms. The lowest BCUT2D eigenvalue weighted by Gasteiger charge is -2.35. The molecule has 0 aliphatic carbocycles. The Morgan fingerprint density at radius 3 is 2.77 bits per heavy atom. The number of allylic oxidation sites excluding steroid dienone is 2. The molecular formula is C20H23NO. The molecule has 0 bridgehead atoms. The number of benzene rings is 1. The van der Waals surface area contributed by atoms with Crippen molar-refractivity contribution in [2.75, 3.05) is 13.1 Å². The lowest BCUT2D eigenvalue weighted by molar-refractivity contribution is -0.136. The summed E-state index contributed by atoms with van der Waals surface area (Å²) in [6.45, 7) is 9.71. The third-order valence-corrected chi connectivity index (χ3v) is 3.83. The van der Waals surface area contributed by atoms with Crippen LogP contribution in [0.1, 0.15) is 32.3 Å². The maximum absolute atomic E-state index is 12.0. The highest BCUT2D eigenvalue weighted by molar-refractivity contribution is 5.77. The van der Waals surface area contributed by atoms with Gasteiger partial charge >= 0.3 is 0 Å².